The first-order valence-corrected chi connectivity index (χ1v) is 12.8. The number of nitrogens with zero attached hydrogens (tertiary/aromatic N) is 2. The standard InChI is InChI=1S/C18H33F2N7O3S/c1-31(29,30)11-2-4-26(5-3-11)15-12(20)7-22-8-13(15)24-18(28)14-16(21)25-27-9-10(19)6-23-17(14)27/h10-17,22-23,25H,2-9,21H2,1H3,(H,24,28). The van der Waals surface area contributed by atoms with E-state index in [2.05, 4.69) is 21.4 Å². The monoisotopic (exact) mass is 465 g/mol. The summed E-state index contributed by atoms with van der Waals surface area (Å²) in [5.41, 5.74) is 9.07. The van der Waals surface area contributed by atoms with Crippen LogP contribution in [0.15, 0.2) is 0 Å². The lowest BCUT2D eigenvalue weighted by molar-refractivity contribution is -0.128. The van der Waals surface area contributed by atoms with Crippen LogP contribution in [0.3, 0.4) is 0 Å². The number of hydrogen-bond donors (Lipinski definition) is 5. The van der Waals surface area contributed by atoms with Gasteiger partial charge in [0, 0.05) is 32.4 Å². The lowest BCUT2D eigenvalue weighted by Crippen LogP contribution is -2.67. The Labute approximate surface area is 181 Å². The van der Waals surface area contributed by atoms with Gasteiger partial charge in [-0.05, 0) is 25.9 Å². The van der Waals surface area contributed by atoms with Crippen LogP contribution in [0.5, 0.6) is 0 Å². The maximum atomic E-state index is 15.0. The molecule has 6 N–H and O–H groups in total. The number of rotatable bonds is 4. The average Bonchev–Trinajstić information content (AvgIpc) is 3.02. The van der Waals surface area contributed by atoms with Crippen molar-refractivity contribution in [2.75, 3.05) is 45.5 Å². The van der Waals surface area contributed by atoms with Gasteiger partial charge in [0.15, 0.2) is 0 Å². The molecule has 0 aromatic heterocycles. The molecule has 0 bridgehead atoms. The molecule has 0 saturated carbocycles. The molecule has 31 heavy (non-hydrogen) atoms. The van der Waals surface area contributed by atoms with Crippen LogP contribution in [0.25, 0.3) is 0 Å². The van der Waals surface area contributed by atoms with E-state index in [4.69, 9.17) is 5.73 Å². The van der Waals surface area contributed by atoms with Gasteiger partial charge in [-0.15, -0.1) is 0 Å². The largest absolute Gasteiger partial charge is 0.350 e. The molecule has 178 valence electrons. The molecule has 13 heteroatoms. The molecule has 0 aromatic carbocycles. The summed E-state index contributed by atoms with van der Waals surface area (Å²) < 4.78 is 52.3. The maximum Gasteiger partial charge on any atom is 0.229 e. The second kappa shape index (κ2) is 9.12. The first-order valence-electron chi connectivity index (χ1n) is 10.9. The molecule has 4 rings (SSSR count). The van der Waals surface area contributed by atoms with Crippen molar-refractivity contribution in [3.8, 4) is 0 Å². The summed E-state index contributed by atoms with van der Waals surface area (Å²) in [5.74, 6) is -0.960. The molecular weight excluding hydrogens is 432 g/mol. The summed E-state index contributed by atoms with van der Waals surface area (Å²) in [6.07, 6.45) is -1.19. The van der Waals surface area contributed by atoms with Crippen molar-refractivity contribution >= 4 is 15.7 Å². The van der Waals surface area contributed by atoms with Crippen LogP contribution in [-0.2, 0) is 14.6 Å². The normalized spacial score (nSPS) is 41.1. The number of halogens is 2. The van der Waals surface area contributed by atoms with E-state index in [9.17, 15) is 22.0 Å². The summed E-state index contributed by atoms with van der Waals surface area (Å²) in [6.45, 7) is 1.82. The fourth-order valence-corrected chi connectivity index (χ4v) is 6.42. The molecule has 4 aliphatic rings. The van der Waals surface area contributed by atoms with E-state index in [0.717, 1.165) is 0 Å². The number of amides is 1. The zero-order chi connectivity index (χ0) is 22.3. The number of carbonyl (C=O) groups excluding carboxylic acids is 1. The molecular formula is C18H33F2N7O3S. The molecule has 7 unspecified atom stereocenters. The molecule has 0 aromatic rings. The minimum Gasteiger partial charge on any atom is -0.350 e. The van der Waals surface area contributed by atoms with E-state index in [0.29, 0.717) is 32.5 Å². The molecule has 4 heterocycles. The highest BCUT2D eigenvalue weighted by Crippen LogP contribution is 2.26. The van der Waals surface area contributed by atoms with Gasteiger partial charge in [0.1, 0.15) is 22.2 Å². The van der Waals surface area contributed by atoms with Crippen molar-refractivity contribution in [1.82, 2.24) is 31.3 Å². The van der Waals surface area contributed by atoms with E-state index in [1.807, 2.05) is 4.90 Å². The number of nitrogens with one attached hydrogen (secondary N) is 4. The van der Waals surface area contributed by atoms with E-state index in [1.165, 1.54) is 6.26 Å². The van der Waals surface area contributed by atoms with Gasteiger partial charge in [0.05, 0.1) is 35.6 Å². The second-order valence-electron chi connectivity index (χ2n) is 9.13. The number of nitrogens with two attached hydrogens (primary N) is 1. The smallest absolute Gasteiger partial charge is 0.229 e. The third-order valence-corrected chi connectivity index (χ3v) is 8.62. The molecule has 4 saturated heterocycles. The Morgan fingerprint density at radius 1 is 1.16 bits per heavy atom. The number of sulfone groups is 1. The van der Waals surface area contributed by atoms with E-state index >= 15 is 0 Å². The van der Waals surface area contributed by atoms with E-state index in [1.54, 1.807) is 5.01 Å². The van der Waals surface area contributed by atoms with Crippen molar-refractivity contribution in [3.63, 3.8) is 0 Å². The summed E-state index contributed by atoms with van der Waals surface area (Å²) >= 11 is 0. The van der Waals surface area contributed by atoms with Gasteiger partial charge in [-0.2, -0.15) is 0 Å². The topological polar surface area (TPSA) is 132 Å². The first-order chi connectivity index (χ1) is 14.6. The number of likely N-dealkylation sites (tertiary alicyclic amines) is 1. The Bertz CT molecular complexity index is 767. The third kappa shape index (κ3) is 4.87. The quantitative estimate of drug-likeness (QED) is 0.300. The highest BCUT2D eigenvalue weighted by Gasteiger charge is 2.48. The van der Waals surface area contributed by atoms with Crippen LogP contribution in [0, 0.1) is 5.92 Å². The number of alkyl halides is 2. The van der Waals surface area contributed by atoms with Crippen LogP contribution in [0.1, 0.15) is 12.8 Å². The number of carbonyl (C=O) groups is 1. The van der Waals surface area contributed by atoms with Gasteiger partial charge < -0.3 is 16.4 Å². The Morgan fingerprint density at radius 3 is 2.55 bits per heavy atom. The molecule has 10 nitrogen and oxygen atoms in total. The Morgan fingerprint density at radius 2 is 1.87 bits per heavy atom. The summed E-state index contributed by atoms with van der Waals surface area (Å²) in [6, 6.07) is -1.02. The number of piperidine rings is 2. The van der Waals surface area contributed by atoms with Crippen LogP contribution < -0.4 is 27.1 Å². The Kier molecular flexibility index (Phi) is 6.83. The van der Waals surface area contributed by atoms with Gasteiger partial charge >= 0.3 is 0 Å². The van der Waals surface area contributed by atoms with Gasteiger partial charge in [-0.3, -0.25) is 15.0 Å². The molecule has 0 spiro atoms. The van der Waals surface area contributed by atoms with Crippen molar-refractivity contribution < 1.29 is 22.0 Å². The summed E-state index contributed by atoms with van der Waals surface area (Å²) in [7, 11) is -3.12. The van der Waals surface area contributed by atoms with Crippen molar-refractivity contribution in [3.05, 3.63) is 0 Å². The predicted octanol–water partition coefficient (Wildman–Crippen LogP) is -2.72. The third-order valence-electron chi connectivity index (χ3n) is 6.94. The summed E-state index contributed by atoms with van der Waals surface area (Å²) in [4.78, 5) is 15.1. The molecule has 0 aliphatic carbocycles. The number of hydrazine groups is 1. The van der Waals surface area contributed by atoms with Crippen LogP contribution in [0.4, 0.5) is 8.78 Å². The zero-order valence-electron chi connectivity index (χ0n) is 17.6. The molecule has 4 aliphatic heterocycles. The fraction of sp³-hybridized carbons (Fsp3) is 0.944. The van der Waals surface area contributed by atoms with Crippen molar-refractivity contribution in [1.29, 1.82) is 0 Å². The lowest BCUT2D eigenvalue weighted by Gasteiger charge is -2.45. The van der Waals surface area contributed by atoms with Crippen LogP contribution in [-0.4, -0.2) is 112 Å². The SMILES string of the molecule is CS(=O)(=O)C1CCN(C2C(F)CNCC2NC(=O)C2C(N)NN3CC(F)CNC23)CC1. The van der Waals surface area contributed by atoms with Gasteiger partial charge in [0.2, 0.25) is 5.91 Å². The van der Waals surface area contributed by atoms with Gasteiger partial charge in [-0.1, -0.05) is 0 Å². The Balaban J connectivity index is 1.42. The second-order valence-corrected chi connectivity index (χ2v) is 11.5. The first kappa shape index (κ1) is 23.2. The minimum absolute atomic E-state index is 0.143. The highest BCUT2D eigenvalue weighted by molar-refractivity contribution is 7.91. The average molecular weight is 466 g/mol. The van der Waals surface area contributed by atoms with Gasteiger partial charge in [0.25, 0.3) is 0 Å². The molecule has 0 radical (unpaired) electrons. The molecule has 1 amide bonds. The van der Waals surface area contributed by atoms with Crippen molar-refractivity contribution in [2.24, 2.45) is 11.7 Å². The maximum absolute atomic E-state index is 15.0. The highest BCUT2D eigenvalue weighted by atomic mass is 32.2. The molecule has 4 fully saturated rings. The minimum atomic E-state index is -3.12. The van der Waals surface area contributed by atoms with Gasteiger partial charge in [-0.25, -0.2) is 27.6 Å². The Hall–Kier alpha value is -0.960. The fourth-order valence-electron chi connectivity index (χ4n) is 5.35. The summed E-state index contributed by atoms with van der Waals surface area (Å²) in [5, 5.41) is 10.2. The van der Waals surface area contributed by atoms with Crippen LogP contribution in [0.2, 0.25) is 0 Å². The number of fused-ring (bicyclic) bond motifs is 1. The van der Waals surface area contributed by atoms with Crippen molar-refractivity contribution in [2.45, 2.75) is 54.9 Å². The predicted molar refractivity (Wildman–Crippen MR) is 111 cm³/mol. The zero-order valence-corrected chi connectivity index (χ0v) is 18.5. The van der Waals surface area contributed by atoms with E-state index < -0.39 is 57.8 Å². The van der Waals surface area contributed by atoms with E-state index in [-0.39, 0.29) is 25.5 Å². The lowest BCUT2D eigenvalue weighted by atomic mass is 9.93. The van der Waals surface area contributed by atoms with Crippen LogP contribution >= 0.6 is 0 Å². The number of hydrogen-bond acceptors (Lipinski definition) is 9. The molecule has 7 atom stereocenters.